The number of nitrogens with one attached hydrogen (secondary N) is 1. The van der Waals surface area contributed by atoms with Gasteiger partial charge in [-0.3, -0.25) is 4.79 Å². The van der Waals surface area contributed by atoms with E-state index in [2.05, 4.69) is 4.72 Å². The van der Waals surface area contributed by atoms with Crippen molar-refractivity contribution in [2.45, 2.75) is 35.6 Å². The minimum atomic E-state index is -3.52. The number of amides is 1. The molecule has 0 radical (unpaired) electrons. The highest BCUT2D eigenvalue weighted by Gasteiger charge is 2.35. The van der Waals surface area contributed by atoms with Crippen LogP contribution in [-0.4, -0.2) is 50.4 Å². The van der Waals surface area contributed by atoms with Crippen LogP contribution in [0.2, 0.25) is 0 Å². The molecular weight excluding hydrogens is 400 g/mol. The topological polar surface area (TPSA) is 92.8 Å². The number of carbonyl (C=O) groups is 2. The van der Waals surface area contributed by atoms with E-state index in [-0.39, 0.29) is 11.9 Å². The first-order valence-electron chi connectivity index (χ1n) is 9.07. The number of ether oxygens (including phenoxy) is 1. The Kier molecular flexibility index (Phi) is 5.22. The molecule has 7 nitrogen and oxygen atoms in total. The summed E-state index contributed by atoms with van der Waals surface area (Å²) in [7, 11) is -3.52. The number of nitrogens with zero attached hydrogens (tertiary/aromatic N) is 1. The number of rotatable bonds is 4. The molecule has 2 aliphatic rings. The number of benzene rings is 1. The molecule has 1 unspecified atom stereocenters. The van der Waals surface area contributed by atoms with E-state index in [1.165, 1.54) is 11.3 Å². The number of thiophene rings is 1. The van der Waals surface area contributed by atoms with Gasteiger partial charge >= 0.3 is 5.97 Å². The molecule has 2 aromatic rings. The van der Waals surface area contributed by atoms with E-state index in [0.29, 0.717) is 42.1 Å². The maximum atomic E-state index is 12.8. The highest BCUT2D eigenvalue weighted by atomic mass is 32.2. The Balaban J connectivity index is 1.35. The molecule has 1 N–H and O–H groups in total. The number of carbonyl (C=O) groups excluding carboxylic acids is 2. The van der Waals surface area contributed by atoms with Gasteiger partial charge in [-0.05, 0) is 35.9 Å². The van der Waals surface area contributed by atoms with E-state index in [9.17, 15) is 18.0 Å². The van der Waals surface area contributed by atoms with Crippen molar-refractivity contribution in [3.63, 3.8) is 0 Å². The average Bonchev–Trinajstić information content (AvgIpc) is 3.24. The van der Waals surface area contributed by atoms with Crippen molar-refractivity contribution in [1.29, 1.82) is 0 Å². The van der Waals surface area contributed by atoms with E-state index < -0.39 is 22.1 Å². The van der Waals surface area contributed by atoms with Gasteiger partial charge in [0.2, 0.25) is 10.0 Å². The lowest BCUT2D eigenvalue weighted by molar-refractivity contribution is -0.142. The van der Waals surface area contributed by atoms with E-state index in [1.807, 2.05) is 12.1 Å². The van der Waals surface area contributed by atoms with Crippen LogP contribution < -0.4 is 4.72 Å². The summed E-state index contributed by atoms with van der Waals surface area (Å²) >= 11 is 1.17. The second-order valence-electron chi connectivity index (χ2n) is 6.91. The van der Waals surface area contributed by atoms with Crippen molar-refractivity contribution >= 4 is 33.2 Å². The minimum absolute atomic E-state index is 0.217. The lowest BCUT2D eigenvalue weighted by atomic mass is 9.97. The second-order valence-corrected chi connectivity index (χ2v) is 9.80. The summed E-state index contributed by atoms with van der Waals surface area (Å²) in [6.45, 7) is 0.846. The summed E-state index contributed by atoms with van der Waals surface area (Å²) in [6, 6.07) is 10.2. The number of piperidine rings is 1. The summed E-state index contributed by atoms with van der Waals surface area (Å²) < 4.78 is 33.0. The van der Waals surface area contributed by atoms with E-state index in [0.717, 1.165) is 5.56 Å². The number of likely N-dealkylation sites (tertiary alicyclic amines) is 1. The van der Waals surface area contributed by atoms with E-state index in [1.54, 1.807) is 34.5 Å². The Bertz CT molecular complexity index is 980. The Labute approximate surface area is 167 Å². The Morgan fingerprint density at radius 3 is 2.61 bits per heavy atom. The summed E-state index contributed by atoms with van der Waals surface area (Å²) in [4.78, 5) is 26.6. The van der Waals surface area contributed by atoms with Gasteiger partial charge in [-0.2, -0.15) is 0 Å². The van der Waals surface area contributed by atoms with Crippen molar-refractivity contribution < 1.29 is 22.7 Å². The van der Waals surface area contributed by atoms with E-state index >= 15 is 0 Å². The maximum absolute atomic E-state index is 12.8. The van der Waals surface area contributed by atoms with Crippen LogP contribution in [0.4, 0.5) is 0 Å². The Hall–Kier alpha value is -2.23. The molecule has 1 fully saturated rings. The third kappa shape index (κ3) is 3.82. The van der Waals surface area contributed by atoms with Crippen LogP contribution in [0.5, 0.6) is 0 Å². The third-order valence-electron chi connectivity index (χ3n) is 5.06. The van der Waals surface area contributed by atoms with Crippen LogP contribution in [-0.2, 0) is 26.0 Å². The summed E-state index contributed by atoms with van der Waals surface area (Å²) in [5.41, 5.74) is 1.32. The van der Waals surface area contributed by atoms with Crippen LogP contribution in [0.25, 0.3) is 0 Å². The lowest BCUT2D eigenvalue weighted by Crippen LogP contribution is -2.50. The van der Waals surface area contributed by atoms with Crippen LogP contribution in [0.1, 0.15) is 28.8 Å². The molecule has 1 atom stereocenters. The van der Waals surface area contributed by atoms with Crippen molar-refractivity contribution in [1.82, 2.24) is 9.62 Å². The lowest BCUT2D eigenvalue weighted by Gasteiger charge is -2.35. The second kappa shape index (κ2) is 7.65. The molecule has 0 bridgehead atoms. The van der Waals surface area contributed by atoms with Crippen LogP contribution in [0.15, 0.2) is 46.0 Å². The average molecular weight is 421 g/mol. The number of hydrogen-bond donors (Lipinski definition) is 1. The van der Waals surface area contributed by atoms with Crippen molar-refractivity contribution in [2.24, 2.45) is 0 Å². The molecule has 4 rings (SSSR count). The van der Waals surface area contributed by atoms with Gasteiger partial charge in [0, 0.05) is 25.6 Å². The molecule has 1 saturated heterocycles. The van der Waals surface area contributed by atoms with Crippen molar-refractivity contribution in [2.75, 3.05) is 13.1 Å². The fraction of sp³-hybridized carbons (Fsp3) is 0.368. The molecule has 0 spiro atoms. The van der Waals surface area contributed by atoms with Gasteiger partial charge in [0.25, 0.3) is 5.91 Å². The Morgan fingerprint density at radius 2 is 1.89 bits per heavy atom. The SMILES string of the molecule is O=C1OC(C(=O)N2CCC(NS(=O)(=O)c3cccs3)CC2)Cc2ccccc21. The molecule has 0 aliphatic carbocycles. The fourth-order valence-corrected chi connectivity index (χ4v) is 5.90. The number of sulfonamides is 1. The summed E-state index contributed by atoms with van der Waals surface area (Å²) in [5.74, 6) is -0.693. The zero-order chi connectivity index (χ0) is 19.7. The van der Waals surface area contributed by atoms with Crippen LogP contribution in [0, 0.1) is 0 Å². The van der Waals surface area contributed by atoms with Gasteiger partial charge in [0.1, 0.15) is 4.21 Å². The van der Waals surface area contributed by atoms with Crippen LogP contribution >= 0.6 is 11.3 Å². The number of cyclic esters (lactones) is 1. The smallest absolute Gasteiger partial charge is 0.339 e. The molecule has 148 valence electrons. The molecule has 9 heteroatoms. The summed E-state index contributed by atoms with van der Waals surface area (Å²) in [6.07, 6.45) is 0.592. The highest BCUT2D eigenvalue weighted by molar-refractivity contribution is 7.91. The van der Waals surface area contributed by atoms with Crippen molar-refractivity contribution in [3.8, 4) is 0 Å². The standard InChI is InChI=1S/C19H20N2O5S2/c22-18(16-12-13-4-1-2-5-15(13)19(23)26-16)21-9-7-14(8-10-21)20-28(24,25)17-6-3-11-27-17/h1-6,11,14,16,20H,7-10,12H2. The predicted molar refractivity (Wildman–Crippen MR) is 104 cm³/mol. The summed E-state index contributed by atoms with van der Waals surface area (Å²) in [5, 5.41) is 1.72. The first-order chi connectivity index (χ1) is 13.4. The highest BCUT2D eigenvalue weighted by Crippen LogP contribution is 2.24. The van der Waals surface area contributed by atoms with Gasteiger partial charge in [-0.25, -0.2) is 17.9 Å². The van der Waals surface area contributed by atoms with Gasteiger partial charge in [0.15, 0.2) is 6.10 Å². The van der Waals surface area contributed by atoms with Gasteiger partial charge in [0.05, 0.1) is 5.56 Å². The number of hydrogen-bond acceptors (Lipinski definition) is 6. The number of esters is 1. The molecule has 2 aliphatic heterocycles. The monoisotopic (exact) mass is 420 g/mol. The maximum Gasteiger partial charge on any atom is 0.339 e. The zero-order valence-corrected chi connectivity index (χ0v) is 16.7. The predicted octanol–water partition coefficient (Wildman–Crippen LogP) is 1.80. The first kappa shape index (κ1) is 19.1. The molecule has 1 amide bonds. The van der Waals surface area contributed by atoms with Crippen LogP contribution in [0.3, 0.4) is 0 Å². The normalized spacial score (nSPS) is 20.5. The van der Waals surface area contributed by atoms with E-state index in [4.69, 9.17) is 4.74 Å². The molecule has 1 aromatic heterocycles. The van der Waals surface area contributed by atoms with Gasteiger partial charge in [-0.1, -0.05) is 24.3 Å². The third-order valence-corrected chi connectivity index (χ3v) is 7.97. The molecule has 0 saturated carbocycles. The molecule has 1 aromatic carbocycles. The molecular formula is C19H20N2O5S2. The number of fused-ring (bicyclic) bond motifs is 1. The largest absolute Gasteiger partial charge is 0.448 e. The molecule has 28 heavy (non-hydrogen) atoms. The minimum Gasteiger partial charge on any atom is -0.448 e. The van der Waals surface area contributed by atoms with Gasteiger partial charge in [-0.15, -0.1) is 11.3 Å². The fourth-order valence-electron chi connectivity index (χ4n) is 3.58. The first-order valence-corrected chi connectivity index (χ1v) is 11.4. The van der Waals surface area contributed by atoms with Gasteiger partial charge < -0.3 is 9.64 Å². The molecule has 3 heterocycles. The quantitative estimate of drug-likeness (QED) is 0.762. The Morgan fingerprint density at radius 1 is 1.14 bits per heavy atom. The van der Waals surface area contributed by atoms with Crippen molar-refractivity contribution in [3.05, 3.63) is 52.9 Å². The zero-order valence-electron chi connectivity index (χ0n) is 15.0.